The van der Waals surface area contributed by atoms with Crippen LogP contribution in [0.25, 0.3) is 0 Å². The molecule has 1 aliphatic heterocycles. The highest BCUT2D eigenvalue weighted by molar-refractivity contribution is 6.32. The maximum atomic E-state index is 14.7. The fourth-order valence-corrected chi connectivity index (χ4v) is 5.50. The lowest BCUT2D eigenvalue weighted by molar-refractivity contribution is 0.0979. The summed E-state index contributed by atoms with van der Waals surface area (Å²) in [6.45, 7) is 0.683. The van der Waals surface area contributed by atoms with Crippen molar-refractivity contribution in [1.29, 1.82) is 0 Å². The topological polar surface area (TPSA) is 47.6 Å². The third kappa shape index (κ3) is 3.27. The van der Waals surface area contributed by atoms with Gasteiger partial charge in [-0.1, -0.05) is 29.8 Å². The molecule has 2 fully saturated rings. The largest absolute Gasteiger partial charge is 0.489 e. The molecule has 3 nitrogen and oxygen atoms in total. The van der Waals surface area contributed by atoms with Crippen molar-refractivity contribution in [3.63, 3.8) is 0 Å². The molecule has 2 saturated carbocycles. The molecule has 0 spiro atoms. The highest BCUT2D eigenvalue weighted by atomic mass is 35.5. The van der Waals surface area contributed by atoms with Crippen molar-refractivity contribution >= 4 is 17.8 Å². The van der Waals surface area contributed by atoms with E-state index in [1.54, 1.807) is 12.1 Å². The summed E-state index contributed by atoms with van der Waals surface area (Å²) in [5.41, 5.74) is 9.31. The molecule has 0 aromatic heterocycles. The SMILES string of the molecule is NC1(C2(c3ccccc3F)CCC(Oc3cc4c(cc3Cl)CN=CC4)CC2)CC1. The van der Waals surface area contributed by atoms with Gasteiger partial charge in [0.2, 0.25) is 0 Å². The standard InChI is InChI=1S/C24H26ClFN2O/c25-20-13-17-15-28-12-7-16(17)14-22(20)29-18-5-8-23(9-6-18,24(27)10-11-24)19-3-1-2-4-21(19)26/h1-4,12-14,18H,5-11,15,27H2. The van der Waals surface area contributed by atoms with Crippen molar-refractivity contribution in [2.45, 2.75) is 68.5 Å². The molecule has 3 aliphatic rings. The number of hydrogen-bond acceptors (Lipinski definition) is 3. The number of nitrogens with two attached hydrogens (primary N) is 1. The number of aliphatic imine (C=N–C) groups is 1. The van der Waals surface area contributed by atoms with E-state index in [1.165, 1.54) is 11.1 Å². The van der Waals surface area contributed by atoms with Crippen LogP contribution >= 0.6 is 11.6 Å². The van der Waals surface area contributed by atoms with Crippen molar-refractivity contribution < 1.29 is 9.13 Å². The summed E-state index contributed by atoms with van der Waals surface area (Å²) in [5, 5.41) is 0.643. The van der Waals surface area contributed by atoms with Gasteiger partial charge in [0.05, 0.1) is 17.7 Å². The molecule has 0 radical (unpaired) electrons. The summed E-state index contributed by atoms with van der Waals surface area (Å²) < 4.78 is 21.1. The molecule has 1 heterocycles. The minimum atomic E-state index is -0.297. The van der Waals surface area contributed by atoms with Gasteiger partial charge in [0, 0.05) is 23.6 Å². The molecule has 0 atom stereocenters. The van der Waals surface area contributed by atoms with E-state index in [0.29, 0.717) is 11.6 Å². The van der Waals surface area contributed by atoms with Crippen LogP contribution in [0.5, 0.6) is 5.75 Å². The van der Waals surface area contributed by atoms with Gasteiger partial charge in [-0.2, -0.15) is 0 Å². The van der Waals surface area contributed by atoms with Crippen molar-refractivity contribution in [2.75, 3.05) is 0 Å². The van der Waals surface area contributed by atoms with Crippen LogP contribution in [0.1, 0.15) is 55.2 Å². The first-order chi connectivity index (χ1) is 14.0. The van der Waals surface area contributed by atoms with Crippen molar-refractivity contribution in [3.8, 4) is 5.75 Å². The Morgan fingerprint density at radius 3 is 2.55 bits per heavy atom. The predicted octanol–water partition coefficient (Wildman–Crippen LogP) is 5.36. The lowest BCUT2D eigenvalue weighted by Gasteiger charge is -2.45. The Morgan fingerprint density at radius 2 is 1.83 bits per heavy atom. The van der Waals surface area contributed by atoms with Gasteiger partial charge in [-0.3, -0.25) is 4.99 Å². The quantitative estimate of drug-likeness (QED) is 0.735. The van der Waals surface area contributed by atoms with E-state index >= 15 is 0 Å². The molecule has 5 rings (SSSR count). The molecule has 152 valence electrons. The number of hydrogen-bond donors (Lipinski definition) is 1. The highest BCUT2D eigenvalue weighted by Gasteiger charge is 2.59. The molecule has 0 unspecified atom stereocenters. The van der Waals surface area contributed by atoms with E-state index in [0.717, 1.165) is 56.3 Å². The average Bonchev–Trinajstić information content (AvgIpc) is 3.49. The van der Waals surface area contributed by atoms with Gasteiger partial charge in [0.15, 0.2) is 0 Å². The first-order valence-electron chi connectivity index (χ1n) is 10.5. The maximum Gasteiger partial charge on any atom is 0.138 e. The molecule has 5 heteroatoms. The van der Waals surface area contributed by atoms with Crippen LogP contribution in [-0.4, -0.2) is 17.9 Å². The maximum absolute atomic E-state index is 14.7. The summed E-state index contributed by atoms with van der Waals surface area (Å²) >= 11 is 6.49. The Morgan fingerprint density at radius 1 is 1.07 bits per heavy atom. The molecule has 2 aliphatic carbocycles. The Balaban J connectivity index is 1.36. The average molecular weight is 413 g/mol. The predicted molar refractivity (Wildman–Crippen MR) is 114 cm³/mol. The molecule has 29 heavy (non-hydrogen) atoms. The zero-order valence-electron chi connectivity index (χ0n) is 16.5. The van der Waals surface area contributed by atoms with E-state index in [2.05, 4.69) is 11.1 Å². The van der Waals surface area contributed by atoms with Crippen LogP contribution in [0.3, 0.4) is 0 Å². The first kappa shape index (κ1) is 19.1. The van der Waals surface area contributed by atoms with Crippen molar-refractivity contribution in [1.82, 2.24) is 0 Å². The number of fused-ring (bicyclic) bond motifs is 1. The fourth-order valence-electron chi connectivity index (χ4n) is 5.27. The molecule has 0 saturated heterocycles. The minimum absolute atomic E-state index is 0.0741. The summed E-state index contributed by atoms with van der Waals surface area (Å²) in [5.74, 6) is 0.612. The molecule has 0 bridgehead atoms. The Bertz CT molecular complexity index is 961. The van der Waals surface area contributed by atoms with E-state index in [4.69, 9.17) is 22.1 Å². The van der Waals surface area contributed by atoms with Crippen LogP contribution in [0.15, 0.2) is 41.4 Å². The smallest absolute Gasteiger partial charge is 0.138 e. The van der Waals surface area contributed by atoms with E-state index in [1.807, 2.05) is 24.4 Å². The molecular formula is C24H26ClFN2O. The first-order valence-corrected chi connectivity index (χ1v) is 10.9. The second kappa shape index (κ2) is 7.10. The molecule has 2 aromatic carbocycles. The summed E-state index contributed by atoms with van der Waals surface area (Å²) in [6, 6.07) is 11.2. The third-order valence-corrected chi connectivity index (χ3v) is 7.46. The number of nitrogens with zero attached hydrogens (tertiary/aromatic N) is 1. The molecular weight excluding hydrogens is 387 g/mol. The van der Waals surface area contributed by atoms with Crippen LogP contribution in [0, 0.1) is 5.82 Å². The van der Waals surface area contributed by atoms with Crippen LogP contribution < -0.4 is 10.5 Å². The molecule has 2 aromatic rings. The lowest BCUT2D eigenvalue weighted by Crippen LogP contribution is -2.51. The van der Waals surface area contributed by atoms with E-state index in [-0.39, 0.29) is 22.9 Å². The highest BCUT2D eigenvalue weighted by Crippen LogP contribution is 2.57. The van der Waals surface area contributed by atoms with Crippen LogP contribution in [-0.2, 0) is 18.4 Å². The summed E-state index contributed by atoms with van der Waals surface area (Å²) in [7, 11) is 0. The lowest BCUT2D eigenvalue weighted by atomic mass is 9.62. The third-order valence-electron chi connectivity index (χ3n) is 7.17. The van der Waals surface area contributed by atoms with E-state index < -0.39 is 0 Å². The summed E-state index contributed by atoms with van der Waals surface area (Å²) in [4.78, 5) is 4.32. The Labute approximate surface area is 176 Å². The van der Waals surface area contributed by atoms with Gasteiger partial charge < -0.3 is 10.5 Å². The summed E-state index contributed by atoms with van der Waals surface area (Å²) in [6.07, 6.45) is 8.14. The number of halogens is 2. The number of benzene rings is 2. The number of rotatable bonds is 4. The molecule has 0 amide bonds. The van der Waals surface area contributed by atoms with Crippen LogP contribution in [0.4, 0.5) is 4.39 Å². The van der Waals surface area contributed by atoms with Gasteiger partial charge in [-0.05, 0) is 73.4 Å². The van der Waals surface area contributed by atoms with Gasteiger partial charge in [-0.15, -0.1) is 0 Å². The van der Waals surface area contributed by atoms with Crippen molar-refractivity contribution in [3.05, 3.63) is 63.9 Å². The van der Waals surface area contributed by atoms with Crippen molar-refractivity contribution in [2.24, 2.45) is 10.7 Å². The van der Waals surface area contributed by atoms with E-state index in [9.17, 15) is 4.39 Å². The monoisotopic (exact) mass is 412 g/mol. The number of ether oxygens (including phenoxy) is 1. The van der Waals surface area contributed by atoms with Crippen LogP contribution in [0.2, 0.25) is 5.02 Å². The zero-order valence-corrected chi connectivity index (χ0v) is 17.2. The normalized spacial score (nSPS) is 27.3. The van der Waals surface area contributed by atoms with Gasteiger partial charge >= 0.3 is 0 Å². The van der Waals surface area contributed by atoms with Gasteiger partial charge in [0.1, 0.15) is 11.6 Å². The Hall–Kier alpha value is -1.91. The minimum Gasteiger partial charge on any atom is -0.489 e. The second-order valence-corrected chi connectivity index (χ2v) is 9.22. The molecule has 2 N–H and O–H groups in total. The fraction of sp³-hybridized carbons (Fsp3) is 0.458. The Kier molecular flexibility index (Phi) is 4.67. The second-order valence-electron chi connectivity index (χ2n) is 8.81. The van der Waals surface area contributed by atoms with Gasteiger partial charge in [-0.25, -0.2) is 4.39 Å². The van der Waals surface area contributed by atoms with Gasteiger partial charge in [0.25, 0.3) is 0 Å². The zero-order chi connectivity index (χ0) is 20.1.